The van der Waals surface area contributed by atoms with Gasteiger partial charge in [-0.05, 0) is 47.9 Å². The molecule has 3 aliphatic carbocycles. The lowest BCUT2D eigenvalue weighted by molar-refractivity contribution is -0.144. The molecule has 0 atom stereocenters. The Balaban J connectivity index is 1.38. The molecule has 0 spiro atoms. The van der Waals surface area contributed by atoms with Crippen LogP contribution in [0.4, 0.5) is 4.79 Å². The van der Waals surface area contributed by atoms with E-state index in [4.69, 9.17) is 4.74 Å². The SMILES string of the molecule is O=C(OCC1c2ccccc2-c2ccccc21)N(C1CC1)C1(C(=O)O)CC1. The van der Waals surface area contributed by atoms with E-state index in [2.05, 4.69) is 24.3 Å². The second-order valence-corrected chi connectivity index (χ2v) is 7.74. The monoisotopic (exact) mass is 363 g/mol. The van der Waals surface area contributed by atoms with Crippen LogP contribution in [0.2, 0.25) is 0 Å². The lowest BCUT2D eigenvalue weighted by atomic mass is 9.98. The number of hydrogen-bond donors (Lipinski definition) is 1. The number of benzene rings is 2. The van der Waals surface area contributed by atoms with E-state index in [9.17, 15) is 14.7 Å². The van der Waals surface area contributed by atoms with E-state index in [1.807, 2.05) is 24.3 Å². The molecule has 0 bridgehead atoms. The zero-order valence-electron chi connectivity index (χ0n) is 14.9. The van der Waals surface area contributed by atoms with Gasteiger partial charge in [0.2, 0.25) is 0 Å². The average Bonchev–Trinajstić information content (AvgIpc) is 3.60. The van der Waals surface area contributed by atoms with Crippen LogP contribution in [0.3, 0.4) is 0 Å². The van der Waals surface area contributed by atoms with Crippen LogP contribution in [0.5, 0.6) is 0 Å². The highest BCUT2D eigenvalue weighted by Gasteiger charge is 2.61. The fraction of sp³-hybridized carbons (Fsp3) is 0.364. The summed E-state index contributed by atoms with van der Waals surface area (Å²) in [5, 5.41) is 9.59. The van der Waals surface area contributed by atoms with Crippen LogP contribution in [-0.4, -0.2) is 40.3 Å². The molecule has 138 valence electrons. The van der Waals surface area contributed by atoms with Gasteiger partial charge >= 0.3 is 12.1 Å². The molecule has 27 heavy (non-hydrogen) atoms. The molecule has 0 radical (unpaired) electrons. The fourth-order valence-corrected chi connectivity index (χ4v) is 4.35. The average molecular weight is 363 g/mol. The largest absolute Gasteiger partial charge is 0.479 e. The number of fused-ring (bicyclic) bond motifs is 3. The number of carbonyl (C=O) groups is 2. The minimum absolute atomic E-state index is 0.0117. The molecule has 5 heteroatoms. The van der Waals surface area contributed by atoms with Gasteiger partial charge in [-0.3, -0.25) is 4.90 Å². The fourth-order valence-electron chi connectivity index (χ4n) is 4.35. The van der Waals surface area contributed by atoms with E-state index < -0.39 is 17.6 Å². The van der Waals surface area contributed by atoms with Crippen LogP contribution in [0, 0.1) is 0 Å². The highest BCUT2D eigenvalue weighted by molar-refractivity contribution is 5.88. The normalized spacial score (nSPS) is 19.1. The third-order valence-electron chi connectivity index (χ3n) is 6.03. The van der Waals surface area contributed by atoms with Gasteiger partial charge in [0.25, 0.3) is 0 Å². The summed E-state index contributed by atoms with van der Waals surface area (Å²) in [5.41, 5.74) is 3.63. The molecule has 0 unspecified atom stereocenters. The van der Waals surface area contributed by atoms with Gasteiger partial charge in [-0.25, -0.2) is 9.59 Å². The van der Waals surface area contributed by atoms with E-state index >= 15 is 0 Å². The summed E-state index contributed by atoms with van der Waals surface area (Å²) in [6.45, 7) is 0.228. The summed E-state index contributed by atoms with van der Waals surface area (Å²) < 4.78 is 5.70. The molecule has 2 aromatic carbocycles. The summed E-state index contributed by atoms with van der Waals surface area (Å²) in [5.74, 6) is -0.926. The quantitative estimate of drug-likeness (QED) is 0.871. The number of carboxylic acids is 1. The Kier molecular flexibility index (Phi) is 3.54. The van der Waals surface area contributed by atoms with Gasteiger partial charge in [0.15, 0.2) is 0 Å². The molecule has 3 aliphatic rings. The molecular weight excluding hydrogens is 342 g/mol. The lowest BCUT2D eigenvalue weighted by Gasteiger charge is -2.29. The van der Waals surface area contributed by atoms with E-state index in [1.165, 1.54) is 16.0 Å². The van der Waals surface area contributed by atoms with E-state index in [1.54, 1.807) is 0 Å². The summed E-state index contributed by atoms with van der Waals surface area (Å²) in [6, 6.07) is 16.4. The number of carboxylic acid groups (broad SMARTS) is 1. The first-order valence-electron chi connectivity index (χ1n) is 9.49. The minimum atomic E-state index is -1.04. The molecule has 0 aromatic heterocycles. The zero-order valence-corrected chi connectivity index (χ0v) is 14.9. The van der Waals surface area contributed by atoms with Crippen molar-refractivity contribution in [3.05, 3.63) is 59.7 Å². The molecular formula is C22H21NO4. The summed E-state index contributed by atoms with van der Waals surface area (Å²) in [6.07, 6.45) is 2.27. The van der Waals surface area contributed by atoms with E-state index in [0.29, 0.717) is 12.8 Å². The first kappa shape index (κ1) is 16.4. The number of rotatable bonds is 5. The minimum Gasteiger partial charge on any atom is -0.479 e. The van der Waals surface area contributed by atoms with Gasteiger partial charge in [0.05, 0.1) is 0 Å². The van der Waals surface area contributed by atoms with Crippen LogP contribution in [0.25, 0.3) is 11.1 Å². The standard InChI is InChI=1S/C22H21NO4/c24-20(25)22(11-12-22)23(14-9-10-14)21(26)27-13-19-17-7-3-1-5-15(17)16-6-2-4-8-18(16)19/h1-8,14,19H,9-13H2,(H,24,25). The Morgan fingerprint density at radius 2 is 1.56 bits per heavy atom. The van der Waals surface area contributed by atoms with Crippen molar-refractivity contribution in [3.8, 4) is 11.1 Å². The Bertz CT molecular complexity index is 884. The van der Waals surface area contributed by atoms with Crippen molar-refractivity contribution in [1.82, 2.24) is 4.90 Å². The van der Waals surface area contributed by atoms with Crippen LogP contribution in [-0.2, 0) is 9.53 Å². The van der Waals surface area contributed by atoms with Crippen molar-refractivity contribution in [1.29, 1.82) is 0 Å². The maximum atomic E-state index is 12.8. The predicted octanol–water partition coefficient (Wildman–Crippen LogP) is 4.02. The number of aliphatic carboxylic acids is 1. The Hall–Kier alpha value is -2.82. The van der Waals surface area contributed by atoms with Gasteiger partial charge < -0.3 is 9.84 Å². The van der Waals surface area contributed by atoms with Crippen molar-refractivity contribution in [2.75, 3.05) is 6.61 Å². The number of nitrogens with zero attached hydrogens (tertiary/aromatic N) is 1. The number of hydrogen-bond acceptors (Lipinski definition) is 3. The Morgan fingerprint density at radius 3 is 2.04 bits per heavy atom. The van der Waals surface area contributed by atoms with Crippen molar-refractivity contribution >= 4 is 12.1 Å². The topological polar surface area (TPSA) is 66.8 Å². The molecule has 0 aliphatic heterocycles. The predicted molar refractivity (Wildman–Crippen MR) is 99.5 cm³/mol. The Morgan fingerprint density at radius 1 is 1.00 bits per heavy atom. The molecule has 5 rings (SSSR count). The molecule has 1 N–H and O–H groups in total. The summed E-state index contributed by atoms with van der Waals surface area (Å²) in [4.78, 5) is 26.0. The number of ether oxygens (including phenoxy) is 1. The maximum Gasteiger partial charge on any atom is 0.411 e. The van der Waals surface area contributed by atoms with Crippen LogP contribution < -0.4 is 0 Å². The van der Waals surface area contributed by atoms with Crippen LogP contribution >= 0.6 is 0 Å². The van der Waals surface area contributed by atoms with Crippen molar-refractivity contribution < 1.29 is 19.4 Å². The lowest BCUT2D eigenvalue weighted by Crippen LogP contribution is -2.49. The van der Waals surface area contributed by atoms with Crippen LogP contribution in [0.15, 0.2) is 48.5 Å². The van der Waals surface area contributed by atoms with E-state index in [-0.39, 0.29) is 18.6 Å². The van der Waals surface area contributed by atoms with Gasteiger partial charge in [0.1, 0.15) is 12.1 Å². The van der Waals surface area contributed by atoms with Gasteiger partial charge in [-0.15, -0.1) is 0 Å². The van der Waals surface area contributed by atoms with Gasteiger partial charge in [-0.2, -0.15) is 0 Å². The highest BCUT2D eigenvalue weighted by atomic mass is 16.6. The molecule has 5 nitrogen and oxygen atoms in total. The van der Waals surface area contributed by atoms with Crippen molar-refractivity contribution in [2.24, 2.45) is 0 Å². The van der Waals surface area contributed by atoms with Gasteiger partial charge in [-0.1, -0.05) is 48.5 Å². The maximum absolute atomic E-state index is 12.8. The molecule has 2 fully saturated rings. The third kappa shape index (κ3) is 2.52. The molecule has 0 heterocycles. The van der Waals surface area contributed by atoms with Gasteiger partial charge in [0, 0.05) is 12.0 Å². The molecule has 2 aromatic rings. The van der Waals surface area contributed by atoms with Crippen molar-refractivity contribution in [2.45, 2.75) is 43.2 Å². The second-order valence-electron chi connectivity index (χ2n) is 7.74. The third-order valence-corrected chi connectivity index (χ3v) is 6.03. The smallest absolute Gasteiger partial charge is 0.411 e. The first-order chi connectivity index (χ1) is 13.1. The molecule has 2 saturated carbocycles. The first-order valence-corrected chi connectivity index (χ1v) is 9.49. The zero-order chi connectivity index (χ0) is 18.6. The second kappa shape index (κ2) is 5.84. The summed E-state index contributed by atoms with van der Waals surface area (Å²) >= 11 is 0. The summed E-state index contributed by atoms with van der Waals surface area (Å²) in [7, 11) is 0. The van der Waals surface area contributed by atoms with Crippen LogP contribution in [0.1, 0.15) is 42.7 Å². The number of amides is 1. The molecule has 1 amide bonds. The number of carbonyl (C=O) groups excluding carboxylic acids is 1. The highest BCUT2D eigenvalue weighted by Crippen LogP contribution is 2.48. The van der Waals surface area contributed by atoms with E-state index in [0.717, 1.165) is 24.0 Å². The Labute approximate surface area is 157 Å². The molecule has 0 saturated heterocycles. The van der Waals surface area contributed by atoms with Crippen molar-refractivity contribution in [3.63, 3.8) is 0 Å².